The van der Waals surface area contributed by atoms with Crippen LogP contribution in [0.15, 0.2) is 16.7 Å². The van der Waals surface area contributed by atoms with Gasteiger partial charge in [-0.2, -0.15) is 13.2 Å². The molecule has 34 heavy (non-hydrogen) atoms. The highest BCUT2D eigenvalue weighted by Gasteiger charge is 2.30. The molecular formula is C24H34F3N3O4. The molecule has 1 fully saturated rings. The number of rotatable bonds is 7. The normalized spacial score (nSPS) is 15.9. The summed E-state index contributed by atoms with van der Waals surface area (Å²) < 4.78 is 54.1. The zero-order valence-electron chi connectivity index (χ0n) is 20.5. The number of nitrogens with zero attached hydrogens (tertiary/aromatic N) is 3. The highest BCUT2D eigenvalue weighted by atomic mass is 19.4. The van der Waals surface area contributed by atoms with Crippen molar-refractivity contribution in [3.8, 4) is 5.75 Å². The van der Waals surface area contributed by atoms with Gasteiger partial charge in [-0.1, -0.05) is 5.16 Å². The molecule has 1 aromatic carbocycles. The van der Waals surface area contributed by atoms with E-state index in [2.05, 4.69) is 5.16 Å². The Morgan fingerprint density at radius 3 is 2.47 bits per heavy atom. The van der Waals surface area contributed by atoms with Crippen molar-refractivity contribution >= 4 is 17.1 Å². The van der Waals surface area contributed by atoms with E-state index in [0.717, 1.165) is 30.3 Å². The second-order valence-corrected chi connectivity index (χ2v) is 10.1. The molecule has 0 unspecified atom stereocenters. The average Bonchev–Trinajstić information content (AvgIpc) is 3.13. The van der Waals surface area contributed by atoms with E-state index in [0.29, 0.717) is 43.1 Å². The summed E-state index contributed by atoms with van der Waals surface area (Å²) in [5, 5.41) is 5.02. The van der Waals surface area contributed by atoms with Crippen LogP contribution < -0.4 is 4.74 Å². The van der Waals surface area contributed by atoms with Gasteiger partial charge in [-0.3, -0.25) is 0 Å². The Hall–Kier alpha value is -2.49. The number of hydrogen-bond donors (Lipinski definition) is 0. The van der Waals surface area contributed by atoms with Crippen LogP contribution in [0.4, 0.5) is 18.0 Å². The number of piperidine rings is 1. The largest absolute Gasteiger partial charge is 0.484 e. The molecule has 0 aliphatic carbocycles. The van der Waals surface area contributed by atoms with Gasteiger partial charge in [-0.05, 0) is 78.6 Å². The van der Waals surface area contributed by atoms with Crippen molar-refractivity contribution in [1.82, 2.24) is 15.0 Å². The van der Waals surface area contributed by atoms with Gasteiger partial charge in [-0.15, -0.1) is 0 Å². The van der Waals surface area contributed by atoms with E-state index in [1.54, 1.807) is 17.0 Å². The maximum absolute atomic E-state index is 12.7. The predicted octanol–water partition coefficient (Wildman–Crippen LogP) is 5.41. The van der Waals surface area contributed by atoms with Crippen molar-refractivity contribution in [2.45, 2.75) is 64.8 Å². The molecular weight excluding hydrogens is 451 g/mol. The number of halogens is 3. The van der Waals surface area contributed by atoms with Crippen LogP contribution in [0.25, 0.3) is 11.0 Å². The van der Waals surface area contributed by atoms with E-state index >= 15 is 0 Å². The van der Waals surface area contributed by atoms with Crippen LogP contribution in [0, 0.1) is 5.92 Å². The first-order valence-corrected chi connectivity index (χ1v) is 11.5. The van der Waals surface area contributed by atoms with Crippen LogP contribution in [0.5, 0.6) is 5.75 Å². The van der Waals surface area contributed by atoms with Gasteiger partial charge in [0.05, 0.1) is 11.3 Å². The number of fused-ring (bicyclic) bond motifs is 1. The quantitative estimate of drug-likeness (QED) is 0.522. The van der Waals surface area contributed by atoms with E-state index in [4.69, 9.17) is 14.0 Å². The lowest BCUT2D eigenvalue weighted by Gasteiger charge is -2.33. The molecule has 10 heteroatoms. The Bertz CT molecular complexity index is 974. The predicted molar refractivity (Wildman–Crippen MR) is 122 cm³/mol. The summed E-state index contributed by atoms with van der Waals surface area (Å²) in [4.78, 5) is 15.9. The number of likely N-dealkylation sites (tertiary alicyclic amines) is 1. The number of benzene rings is 1. The summed E-state index contributed by atoms with van der Waals surface area (Å²) in [5.41, 5.74) is 1.29. The summed E-state index contributed by atoms with van der Waals surface area (Å²) in [6.45, 7) is 5.89. The molecule has 190 valence electrons. The molecule has 1 amide bonds. The molecule has 0 radical (unpaired) electrons. The van der Waals surface area contributed by atoms with Gasteiger partial charge in [-0.25, -0.2) is 4.79 Å². The molecule has 0 atom stereocenters. The molecule has 0 spiro atoms. The first kappa shape index (κ1) is 26.1. The first-order chi connectivity index (χ1) is 15.8. The lowest BCUT2D eigenvalue weighted by atomic mass is 9.91. The number of aromatic nitrogens is 1. The molecule has 0 saturated carbocycles. The zero-order chi connectivity index (χ0) is 25.1. The van der Waals surface area contributed by atoms with Gasteiger partial charge in [0.1, 0.15) is 11.4 Å². The highest BCUT2D eigenvalue weighted by Crippen LogP contribution is 2.33. The minimum absolute atomic E-state index is 0.149. The molecule has 0 N–H and O–H groups in total. The van der Waals surface area contributed by atoms with Gasteiger partial charge < -0.3 is 23.8 Å². The number of amides is 1. The fourth-order valence-corrected chi connectivity index (χ4v) is 4.10. The number of ether oxygens (including phenoxy) is 2. The zero-order valence-corrected chi connectivity index (χ0v) is 20.5. The van der Waals surface area contributed by atoms with E-state index in [-0.39, 0.29) is 11.8 Å². The standard InChI is InChI=1S/C24H34F3N3O4/c1-23(2,3)33-22(31)30-12-10-16(11-13-30)6-8-19-17-7-9-20(32-15-24(25,26)27)18(14-29(4)5)21(17)34-28-19/h7,9,16H,6,8,10-15H2,1-5H3. The number of carbonyl (C=O) groups is 1. The average molecular weight is 486 g/mol. The summed E-state index contributed by atoms with van der Waals surface area (Å²) >= 11 is 0. The molecule has 1 aromatic heterocycles. The van der Waals surface area contributed by atoms with Crippen LogP contribution in [-0.2, 0) is 17.7 Å². The molecule has 1 aliphatic rings. The van der Waals surface area contributed by atoms with Gasteiger partial charge in [0, 0.05) is 25.0 Å². The van der Waals surface area contributed by atoms with Crippen molar-refractivity contribution in [2.75, 3.05) is 33.8 Å². The minimum atomic E-state index is -4.42. The number of hydrogen-bond acceptors (Lipinski definition) is 6. The van der Waals surface area contributed by atoms with Crippen LogP contribution in [0.3, 0.4) is 0 Å². The lowest BCUT2D eigenvalue weighted by molar-refractivity contribution is -0.153. The molecule has 0 bridgehead atoms. The Balaban J connectivity index is 1.64. The van der Waals surface area contributed by atoms with Gasteiger partial charge >= 0.3 is 12.3 Å². The van der Waals surface area contributed by atoms with Crippen LogP contribution in [0.2, 0.25) is 0 Å². The fourth-order valence-electron chi connectivity index (χ4n) is 4.10. The van der Waals surface area contributed by atoms with E-state index in [1.807, 2.05) is 39.8 Å². The topological polar surface area (TPSA) is 68.0 Å². The molecule has 1 aliphatic heterocycles. The third-order valence-corrected chi connectivity index (χ3v) is 5.70. The summed E-state index contributed by atoms with van der Waals surface area (Å²) in [5.74, 6) is 0.594. The first-order valence-electron chi connectivity index (χ1n) is 11.5. The SMILES string of the molecule is CN(C)Cc1c(OCC(F)(F)F)ccc2c(CCC3CCN(C(=O)OC(C)(C)C)CC3)noc12. The number of alkyl halides is 3. The number of aryl methyl sites for hydroxylation is 1. The van der Waals surface area contributed by atoms with E-state index in [1.165, 1.54) is 0 Å². The smallest absolute Gasteiger partial charge is 0.422 e. The van der Waals surface area contributed by atoms with Crippen molar-refractivity contribution in [3.63, 3.8) is 0 Å². The summed E-state index contributed by atoms with van der Waals surface area (Å²) in [6, 6.07) is 3.28. The second kappa shape index (κ2) is 10.4. The van der Waals surface area contributed by atoms with Crippen molar-refractivity contribution < 1.29 is 32.0 Å². The maximum Gasteiger partial charge on any atom is 0.422 e. The van der Waals surface area contributed by atoms with Crippen molar-refractivity contribution in [3.05, 3.63) is 23.4 Å². The third kappa shape index (κ3) is 7.25. The number of carbonyl (C=O) groups excluding carboxylic acids is 1. The Morgan fingerprint density at radius 2 is 1.88 bits per heavy atom. The molecule has 7 nitrogen and oxygen atoms in total. The van der Waals surface area contributed by atoms with E-state index < -0.39 is 18.4 Å². The van der Waals surface area contributed by atoms with Crippen molar-refractivity contribution in [1.29, 1.82) is 0 Å². The summed E-state index contributed by atoms with van der Waals surface area (Å²) in [7, 11) is 3.65. The van der Waals surface area contributed by atoms with Crippen LogP contribution >= 0.6 is 0 Å². The van der Waals surface area contributed by atoms with Gasteiger partial charge in [0.25, 0.3) is 0 Å². The lowest BCUT2D eigenvalue weighted by Crippen LogP contribution is -2.41. The van der Waals surface area contributed by atoms with Gasteiger partial charge in [0.2, 0.25) is 0 Å². The molecule has 3 rings (SSSR count). The minimum Gasteiger partial charge on any atom is -0.484 e. The Labute approximate surface area is 198 Å². The Morgan fingerprint density at radius 1 is 1.21 bits per heavy atom. The third-order valence-electron chi connectivity index (χ3n) is 5.70. The fraction of sp³-hybridized carbons (Fsp3) is 0.667. The Kier molecular flexibility index (Phi) is 8.00. The van der Waals surface area contributed by atoms with Gasteiger partial charge in [0.15, 0.2) is 12.2 Å². The van der Waals surface area contributed by atoms with E-state index in [9.17, 15) is 18.0 Å². The highest BCUT2D eigenvalue weighted by molar-refractivity contribution is 5.84. The molecule has 2 aromatic rings. The monoisotopic (exact) mass is 485 g/mol. The summed E-state index contributed by atoms with van der Waals surface area (Å²) in [6.07, 6.45) is -1.35. The van der Waals surface area contributed by atoms with Crippen molar-refractivity contribution in [2.24, 2.45) is 5.92 Å². The molecule has 2 heterocycles. The second-order valence-electron chi connectivity index (χ2n) is 10.1. The van der Waals surface area contributed by atoms with Crippen LogP contribution in [-0.4, -0.2) is 66.6 Å². The molecule has 1 saturated heterocycles. The maximum atomic E-state index is 12.7. The van der Waals surface area contributed by atoms with Crippen LogP contribution in [0.1, 0.15) is 51.3 Å².